The number of benzene rings is 1. The smallest absolute Gasteiger partial charge is 0.256 e. The molecule has 1 N–H and O–H groups in total. The summed E-state index contributed by atoms with van der Waals surface area (Å²) in [4.78, 5) is 24.3. The number of carbonyl (C=O) groups excluding carboxylic acids is 1. The standard InChI is InChI=1S/C18H23FN4O/c19-13-10-15(17-16(11-13)20-12-21-17)18(24)23-8-4-14(5-9-23)22-6-2-1-3-7-22/h10-12,14H,1-9H2,(H,20,21). The maximum absolute atomic E-state index is 13.8. The van der Waals surface area contributed by atoms with E-state index in [1.165, 1.54) is 50.8 Å². The fraction of sp³-hybridized carbons (Fsp3) is 0.556. The highest BCUT2D eigenvalue weighted by atomic mass is 19.1. The van der Waals surface area contributed by atoms with Crippen LogP contribution >= 0.6 is 0 Å². The molecule has 0 saturated carbocycles. The SMILES string of the molecule is O=C(c1cc(F)cc2[nH]cnc12)N1CCC(N2CCCCC2)CC1. The molecule has 24 heavy (non-hydrogen) atoms. The number of likely N-dealkylation sites (tertiary alicyclic amines) is 2. The van der Waals surface area contributed by atoms with Crippen LogP contribution in [0.15, 0.2) is 18.5 Å². The molecule has 0 unspecified atom stereocenters. The molecule has 2 fully saturated rings. The van der Waals surface area contributed by atoms with Crippen molar-refractivity contribution in [2.75, 3.05) is 26.2 Å². The number of fused-ring (bicyclic) bond motifs is 1. The van der Waals surface area contributed by atoms with E-state index in [2.05, 4.69) is 14.9 Å². The van der Waals surface area contributed by atoms with Gasteiger partial charge in [0.05, 0.1) is 17.4 Å². The van der Waals surface area contributed by atoms with Gasteiger partial charge in [-0.15, -0.1) is 0 Å². The summed E-state index contributed by atoms with van der Waals surface area (Å²) >= 11 is 0. The molecule has 0 radical (unpaired) electrons. The molecule has 4 rings (SSSR count). The second kappa shape index (κ2) is 6.51. The Morgan fingerprint density at radius 3 is 2.62 bits per heavy atom. The van der Waals surface area contributed by atoms with Crippen molar-refractivity contribution in [1.82, 2.24) is 19.8 Å². The van der Waals surface area contributed by atoms with Crippen LogP contribution in [0.4, 0.5) is 4.39 Å². The molecule has 1 aromatic heterocycles. The Kier molecular flexibility index (Phi) is 4.22. The quantitative estimate of drug-likeness (QED) is 0.921. The number of imidazole rings is 1. The number of halogens is 1. The van der Waals surface area contributed by atoms with Crippen LogP contribution in [0.1, 0.15) is 42.5 Å². The van der Waals surface area contributed by atoms with Gasteiger partial charge in [-0.3, -0.25) is 4.79 Å². The van der Waals surface area contributed by atoms with E-state index in [0.717, 1.165) is 25.9 Å². The van der Waals surface area contributed by atoms with E-state index in [0.29, 0.717) is 22.6 Å². The molecule has 1 amide bonds. The van der Waals surface area contributed by atoms with E-state index in [9.17, 15) is 9.18 Å². The summed E-state index contributed by atoms with van der Waals surface area (Å²) in [6.07, 6.45) is 7.44. The summed E-state index contributed by atoms with van der Waals surface area (Å²) in [5.74, 6) is -0.512. The molecule has 2 aliphatic rings. The Balaban J connectivity index is 1.46. The van der Waals surface area contributed by atoms with Gasteiger partial charge in [-0.1, -0.05) is 6.42 Å². The fourth-order valence-electron chi connectivity index (χ4n) is 4.07. The lowest BCUT2D eigenvalue weighted by Crippen LogP contribution is -2.48. The maximum Gasteiger partial charge on any atom is 0.256 e. The van der Waals surface area contributed by atoms with Crippen molar-refractivity contribution in [1.29, 1.82) is 0 Å². The van der Waals surface area contributed by atoms with Crippen LogP contribution in [-0.2, 0) is 0 Å². The second-order valence-corrected chi connectivity index (χ2v) is 6.87. The van der Waals surface area contributed by atoms with E-state index in [4.69, 9.17) is 0 Å². The first kappa shape index (κ1) is 15.6. The molecule has 5 nitrogen and oxygen atoms in total. The summed E-state index contributed by atoms with van der Waals surface area (Å²) in [6, 6.07) is 3.27. The zero-order valence-electron chi connectivity index (χ0n) is 13.8. The third kappa shape index (κ3) is 2.90. The lowest BCUT2D eigenvalue weighted by Gasteiger charge is -2.40. The number of aromatic amines is 1. The molecule has 0 bridgehead atoms. The third-order valence-electron chi connectivity index (χ3n) is 5.38. The van der Waals surface area contributed by atoms with Crippen molar-refractivity contribution in [2.24, 2.45) is 0 Å². The third-order valence-corrected chi connectivity index (χ3v) is 5.38. The Morgan fingerprint density at radius 1 is 1.12 bits per heavy atom. The predicted molar refractivity (Wildman–Crippen MR) is 90.4 cm³/mol. The first-order chi connectivity index (χ1) is 11.7. The average Bonchev–Trinajstić information content (AvgIpc) is 3.09. The molecule has 0 aliphatic carbocycles. The van der Waals surface area contributed by atoms with E-state index in [-0.39, 0.29) is 5.91 Å². The minimum Gasteiger partial charge on any atom is -0.344 e. The van der Waals surface area contributed by atoms with Gasteiger partial charge >= 0.3 is 0 Å². The van der Waals surface area contributed by atoms with Crippen molar-refractivity contribution in [3.05, 3.63) is 29.8 Å². The lowest BCUT2D eigenvalue weighted by atomic mass is 9.99. The molecule has 0 spiro atoms. The van der Waals surface area contributed by atoms with Gasteiger partial charge in [0.25, 0.3) is 5.91 Å². The summed E-state index contributed by atoms with van der Waals surface area (Å²) in [7, 11) is 0. The minimum absolute atomic E-state index is 0.108. The average molecular weight is 330 g/mol. The predicted octanol–water partition coefficient (Wildman–Crippen LogP) is 2.79. The Hall–Kier alpha value is -1.95. The molecule has 2 aromatic rings. The van der Waals surface area contributed by atoms with Crippen molar-refractivity contribution >= 4 is 16.9 Å². The van der Waals surface area contributed by atoms with Crippen LogP contribution in [-0.4, -0.2) is 57.9 Å². The molecular formula is C18H23FN4O. The number of hydrogen-bond donors (Lipinski definition) is 1. The van der Waals surface area contributed by atoms with Gasteiger partial charge in [0.15, 0.2) is 0 Å². The molecule has 2 saturated heterocycles. The number of piperidine rings is 2. The first-order valence-electron chi connectivity index (χ1n) is 8.88. The lowest BCUT2D eigenvalue weighted by molar-refractivity contribution is 0.0591. The number of nitrogens with one attached hydrogen (secondary N) is 1. The number of amides is 1. The number of hydrogen-bond acceptors (Lipinski definition) is 3. The maximum atomic E-state index is 13.8. The second-order valence-electron chi connectivity index (χ2n) is 6.87. The highest BCUT2D eigenvalue weighted by Crippen LogP contribution is 2.24. The van der Waals surface area contributed by atoms with Gasteiger partial charge in [0, 0.05) is 19.1 Å². The van der Waals surface area contributed by atoms with E-state index < -0.39 is 5.82 Å². The van der Waals surface area contributed by atoms with Crippen LogP contribution in [0.2, 0.25) is 0 Å². The van der Waals surface area contributed by atoms with Gasteiger partial charge in [0.1, 0.15) is 11.3 Å². The van der Waals surface area contributed by atoms with Crippen LogP contribution in [0, 0.1) is 5.82 Å². The molecule has 3 heterocycles. The Labute approximate surface area is 140 Å². The summed E-state index contributed by atoms with van der Waals surface area (Å²) in [6.45, 7) is 3.86. The van der Waals surface area contributed by atoms with Crippen LogP contribution in [0.3, 0.4) is 0 Å². The van der Waals surface area contributed by atoms with Crippen LogP contribution in [0.25, 0.3) is 11.0 Å². The van der Waals surface area contributed by atoms with E-state index >= 15 is 0 Å². The molecular weight excluding hydrogens is 307 g/mol. The molecule has 128 valence electrons. The van der Waals surface area contributed by atoms with E-state index in [1.54, 1.807) is 0 Å². The van der Waals surface area contributed by atoms with Gasteiger partial charge in [-0.25, -0.2) is 9.37 Å². The largest absolute Gasteiger partial charge is 0.344 e. The summed E-state index contributed by atoms with van der Waals surface area (Å²) in [5.41, 5.74) is 1.49. The van der Waals surface area contributed by atoms with Gasteiger partial charge in [-0.05, 0) is 50.9 Å². The number of carbonyl (C=O) groups is 1. The number of nitrogens with zero attached hydrogens (tertiary/aromatic N) is 3. The Bertz CT molecular complexity index is 730. The van der Waals surface area contributed by atoms with Crippen molar-refractivity contribution < 1.29 is 9.18 Å². The van der Waals surface area contributed by atoms with Gasteiger partial charge in [0.2, 0.25) is 0 Å². The number of rotatable bonds is 2. The normalized spacial score (nSPS) is 20.6. The van der Waals surface area contributed by atoms with Crippen molar-refractivity contribution in [2.45, 2.75) is 38.1 Å². The summed E-state index contributed by atoms with van der Waals surface area (Å²) < 4.78 is 13.8. The molecule has 2 aliphatic heterocycles. The highest BCUT2D eigenvalue weighted by Gasteiger charge is 2.29. The molecule has 0 atom stereocenters. The highest BCUT2D eigenvalue weighted by molar-refractivity contribution is 6.04. The number of H-pyrrole nitrogens is 1. The minimum atomic E-state index is -0.404. The Morgan fingerprint density at radius 2 is 1.88 bits per heavy atom. The fourth-order valence-corrected chi connectivity index (χ4v) is 4.07. The van der Waals surface area contributed by atoms with E-state index in [1.807, 2.05) is 4.90 Å². The monoisotopic (exact) mass is 330 g/mol. The van der Waals surface area contributed by atoms with Crippen LogP contribution in [0.5, 0.6) is 0 Å². The molecule has 1 aromatic carbocycles. The van der Waals surface area contributed by atoms with Crippen LogP contribution < -0.4 is 0 Å². The molecule has 6 heteroatoms. The zero-order valence-corrected chi connectivity index (χ0v) is 13.8. The topological polar surface area (TPSA) is 52.2 Å². The first-order valence-corrected chi connectivity index (χ1v) is 8.88. The van der Waals surface area contributed by atoms with Gasteiger partial charge < -0.3 is 14.8 Å². The van der Waals surface area contributed by atoms with Gasteiger partial charge in [-0.2, -0.15) is 0 Å². The van der Waals surface area contributed by atoms with Crippen molar-refractivity contribution in [3.8, 4) is 0 Å². The van der Waals surface area contributed by atoms with Crippen molar-refractivity contribution in [3.63, 3.8) is 0 Å². The number of aromatic nitrogens is 2. The zero-order chi connectivity index (χ0) is 16.5. The summed E-state index contributed by atoms with van der Waals surface area (Å²) in [5, 5.41) is 0.